The van der Waals surface area contributed by atoms with E-state index in [1.807, 2.05) is 25.1 Å². The van der Waals surface area contributed by atoms with Crippen molar-refractivity contribution in [3.8, 4) is 17.2 Å². The van der Waals surface area contributed by atoms with Gasteiger partial charge in [0.25, 0.3) is 0 Å². The molecule has 0 unspecified atom stereocenters. The SMILES string of the molecule is C[C@H]1c2cc(Oc3ccnc4c3CCC(=O)N4)ccc2O[C@H]1NC(=O)Nc1cc(Br)ccc1Cl. The average molecular weight is 544 g/mol. The predicted molar refractivity (Wildman–Crippen MR) is 132 cm³/mol. The summed E-state index contributed by atoms with van der Waals surface area (Å²) in [5.41, 5.74) is 2.28. The third-order valence-corrected chi connectivity index (χ3v) is 6.55. The van der Waals surface area contributed by atoms with Crippen molar-refractivity contribution >= 4 is 51.0 Å². The quantitative estimate of drug-likeness (QED) is 0.385. The van der Waals surface area contributed by atoms with E-state index < -0.39 is 12.3 Å². The summed E-state index contributed by atoms with van der Waals surface area (Å²) < 4.78 is 12.9. The van der Waals surface area contributed by atoms with Crippen LogP contribution in [-0.4, -0.2) is 23.2 Å². The van der Waals surface area contributed by atoms with Gasteiger partial charge in [0.2, 0.25) is 5.91 Å². The maximum atomic E-state index is 12.6. The Morgan fingerprint density at radius 2 is 2.09 bits per heavy atom. The van der Waals surface area contributed by atoms with Gasteiger partial charge in [-0.05, 0) is 48.9 Å². The lowest BCUT2D eigenvalue weighted by Crippen LogP contribution is -2.42. The molecule has 0 saturated carbocycles. The number of benzene rings is 2. The summed E-state index contributed by atoms with van der Waals surface area (Å²) in [7, 11) is 0. The van der Waals surface area contributed by atoms with Crippen molar-refractivity contribution in [1.82, 2.24) is 10.3 Å². The van der Waals surface area contributed by atoms with Crippen LogP contribution in [0.3, 0.4) is 0 Å². The maximum Gasteiger partial charge on any atom is 0.322 e. The Labute approximate surface area is 209 Å². The molecule has 1 aromatic heterocycles. The second-order valence-electron chi connectivity index (χ2n) is 8.04. The zero-order valence-corrected chi connectivity index (χ0v) is 20.4. The highest BCUT2D eigenvalue weighted by atomic mass is 79.9. The number of rotatable bonds is 4. The molecule has 5 rings (SSSR count). The fourth-order valence-electron chi connectivity index (χ4n) is 3.97. The molecule has 2 aliphatic heterocycles. The molecule has 0 saturated heterocycles. The van der Waals surface area contributed by atoms with Crippen LogP contribution in [-0.2, 0) is 11.2 Å². The van der Waals surface area contributed by atoms with Crippen molar-refractivity contribution in [3.05, 3.63) is 69.3 Å². The van der Waals surface area contributed by atoms with Crippen LogP contribution in [0, 0.1) is 0 Å². The Hall–Kier alpha value is -3.30. The van der Waals surface area contributed by atoms with E-state index in [2.05, 4.69) is 36.9 Å². The molecule has 3 aromatic rings. The highest BCUT2D eigenvalue weighted by molar-refractivity contribution is 9.10. The van der Waals surface area contributed by atoms with Gasteiger partial charge >= 0.3 is 6.03 Å². The first kappa shape index (κ1) is 22.5. The molecular weight excluding hydrogens is 524 g/mol. The van der Waals surface area contributed by atoms with E-state index in [9.17, 15) is 9.59 Å². The van der Waals surface area contributed by atoms with E-state index in [4.69, 9.17) is 21.1 Å². The molecule has 8 nitrogen and oxygen atoms in total. The minimum absolute atomic E-state index is 0.0506. The number of nitrogens with one attached hydrogen (secondary N) is 3. The summed E-state index contributed by atoms with van der Waals surface area (Å²) in [6.07, 6.45) is 2.01. The van der Waals surface area contributed by atoms with Gasteiger partial charge in [0, 0.05) is 34.1 Å². The molecule has 3 amide bonds. The molecule has 3 heterocycles. The van der Waals surface area contributed by atoms with E-state index in [0.717, 1.165) is 15.6 Å². The molecule has 2 aromatic carbocycles. The molecule has 0 radical (unpaired) electrons. The number of carbonyl (C=O) groups excluding carboxylic acids is 2. The van der Waals surface area contributed by atoms with Gasteiger partial charge in [-0.1, -0.05) is 34.5 Å². The number of pyridine rings is 1. The number of urea groups is 1. The molecule has 0 aliphatic carbocycles. The molecule has 174 valence electrons. The van der Waals surface area contributed by atoms with Crippen molar-refractivity contribution < 1.29 is 19.1 Å². The van der Waals surface area contributed by atoms with Crippen LogP contribution < -0.4 is 25.4 Å². The predicted octanol–water partition coefficient (Wildman–Crippen LogP) is 5.82. The molecule has 0 bridgehead atoms. The molecular formula is C24H20BrClN4O4. The minimum Gasteiger partial charge on any atom is -0.470 e. The van der Waals surface area contributed by atoms with Gasteiger partial charge in [-0.15, -0.1) is 0 Å². The van der Waals surface area contributed by atoms with Crippen molar-refractivity contribution in [3.63, 3.8) is 0 Å². The molecule has 0 fully saturated rings. The Bertz CT molecular complexity index is 1300. The number of fused-ring (bicyclic) bond motifs is 2. The molecule has 0 spiro atoms. The number of ether oxygens (including phenoxy) is 2. The Kier molecular flexibility index (Phi) is 6.05. The highest BCUT2D eigenvalue weighted by Gasteiger charge is 2.33. The van der Waals surface area contributed by atoms with Crippen molar-refractivity contribution in [2.45, 2.75) is 31.9 Å². The van der Waals surface area contributed by atoms with Gasteiger partial charge in [-0.25, -0.2) is 9.78 Å². The number of amides is 3. The first-order chi connectivity index (χ1) is 16.4. The van der Waals surface area contributed by atoms with E-state index >= 15 is 0 Å². The number of halogens is 2. The topological polar surface area (TPSA) is 102 Å². The summed E-state index contributed by atoms with van der Waals surface area (Å²) in [5.74, 6) is 2.32. The van der Waals surface area contributed by atoms with Crippen LogP contribution in [0.25, 0.3) is 0 Å². The van der Waals surface area contributed by atoms with Crippen LogP contribution in [0.15, 0.2) is 53.1 Å². The molecule has 3 N–H and O–H groups in total. The average Bonchev–Trinajstić information content (AvgIpc) is 3.11. The van der Waals surface area contributed by atoms with E-state index in [-0.39, 0.29) is 11.8 Å². The number of hydrogen-bond acceptors (Lipinski definition) is 5. The molecule has 2 atom stereocenters. The summed E-state index contributed by atoms with van der Waals surface area (Å²) in [4.78, 5) is 28.4. The third-order valence-electron chi connectivity index (χ3n) is 5.73. The van der Waals surface area contributed by atoms with Gasteiger partial charge in [0.05, 0.1) is 10.7 Å². The molecule has 10 heteroatoms. The Morgan fingerprint density at radius 1 is 1.24 bits per heavy atom. The summed E-state index contributed by atoms with van der Waals surface area (Å²) >= 11 is 9.53. The first-order valence-electron chi connectivity index (χ1n) is 10.7. The van der Waals surface area contributed by atoms with E-state index in [1.54, 1.807) is 30.5 Å². The Morgan fingerprint density at radius 3 is 2.94 bits per heavy atom. The summed E-state index contributed by atoms with van der Waals surface area (Å²) in [5, 5.41) is 8.81. The second-order valence-corrected chi connectivity index (χ2v) is 9.36. The first-order valence-corrected chi connectivity index (χ1v) is 11.8. The lowest BCUT2D eigenvalue weighted by molar-refractivity contribution is -0.116. The largest absolute Gasteiger partial charge is 0.470 e. The van der Waals surface area contributed by atoms with Crippen LogP contribution in [0.5, 0.6) is 17.2 Å². The smallest absolute Gasteiger partial charge is 0.322 e. The number of aromatic nitrogens is 1. The Balaban J connectivity index is 1.28. The second kappa shape index (κ2) is 9.15. The number of carbonyl (C=O) groups is 2. The van der Waals surface area contributed by atoms with Gasteiger partial charge in [-0.2, -0.15) is 0 Å². The number of nitrogens with zero attached hydrogens (tertiary/aromatic N) is 1. The normalized spacial score (nSPS) is 18.3. The monoisotopic (exact) mass is 542 g/mol. The van der Waals surface area contributed by atoms with Crippen LogP contribution in [0.4, 0.5) is 16.3 Å². The van der Waals surface area contributed by atoms with E-state index in [0.29, 0.717) is 46.6 Å². The van der Waals surface area contributed by atoms with E-state index in [1.165, 1.54) is 0 Å². The summed E-state index contributed by atoms with van der Waals surface area (Å²) in [6.45, 7) is 1.97. The number of anilines is 2. The lowest BCUT2D eigenvalue weighted by Gasteiger charge is -2.19. The highest BCUT2D eigenvalue weighted by Crippen LogP contribution is 2.41. The van der Waals surface area contributed by atoms with Crippen LogP contribution >= 0.6 is 27.5 Å². The fourth-order valence-corrected chi connectivity index (χ4v) is 4.50. The summed E-state index contributed by atoms with van der Waals surface area (Å²) in [6, 6.07) is 12.1. The molecule has 34 heavy (non-hydrogen) atoms. The van der Waals surface area contributed by atoms with Crippen molar-refractivity contribution in [2.75, 3.05) is 10.6 Å². The van der Waals surface area contributed by atoms with Gasteiger partial charge < -0.3 is 25.4 Å². The third kappa shape index (κ3) is 4.53. The minimum atomic E-state index is -0.555. The van der Waals surface area contributed by atoms with Gasteiger partial charge in [0.1, 0.15) is 23.1 Å². The van der Waals surface area contributed by atoms with Crippen molar-refractivity contribution in [1.29, 1.82) is 0 Å². The van der Waals surface area contributed by atoms with Gasteiger partial charge in [0.15, 0.2) is 6.23 Å². The van der Waals surface area contributed by atoms with Crippen LogP contribution in [0.1, 0.15) is 30.4 Å². The van der Waals surface area contributed by atoms with Gasteiger partial charge in [-0.3, -0.25) is 4.79 Å². The van der Waals surface area contributed by atoms with Crippen LogP contribution in [0.2, 0.25) is 5.02 Å². The zero-order chi connectivity index (χ0) is 23.8. The number of hydrogen-bond donors (Lipinski definition) is 3. The molecule has 2 aliphatic rings. The lowest BCUT2D eigenvalue weighted by atomic mass is 10.0. The zero-order valence-electron chi connectivity index (χ0n) is 18.0. The van der Waals surface area contributed by atoms with Crippen molar-refractivity contribution in [2.24, 2.45) is 0 Å². The fraction of sp³-hybridized carbons (Fsp3) is 0.208. The standard InChI is InChI=1S/C24H20BrClN4O4/c1-12-16-11-14(33-20-8-9-27-22-15(20)4-7-21(31)29-22)3-6-19(16)34-23(12)30-24(32)28-18-10-13(25)2-5-17(18)26/h2-3,5-6,8-12,23H,4,7H2,1H3,(H,27,29,31)(H2,28,30,32)/t12-,23+/m0/s1. The maximum absolute atomic E-state index is 12.6.